The van der Waals surface area contributed by atoms with E-state index in [-0.39, 0.29) is 24.7 Å². The second-order valence-electron chi connectivity index (χ2n) is 7.59. The summed E-state index contributed by atoms with van der Waals surface area (Å²) >= 11 is 5.92. The van der Waals surface area contributed by atoms with Crippen LogP contribution in [-0.2, 0) is 21.2 Å². The summed E-state index contributed by atoms with van der Waals surface area (Å²) in [6.45, 7) is 0.432. The van der Waals surface area contributed by atoms with Crippen LogP contribution in [0.15, 0.2) is 36.4 Å². The van der Waals surface area contributed by atoms with Gasteiger partial charge in [0.1, 0.15) is 0 Å². The zero-order chi connectivity index (χ0) is 21.2. The Morgan fingerprint density at radius 3 is 2.55 bits per heavy atom. The number of sulfonamides is 1. The van der Waals surface area contributed by atoms with Crippen LogP contribution in [0.25, 0.3) is 11.3 Å². The fourth-order valence-electron chi connectivity index (χ4n) is 3.42. The van der Waals surface area contributed by atoms with Crippen LogP contribution in [-0.4, -0.2) is 72.7 Å². The quantitative estimate of drug-likeness (QED) is 0.689. The third-order valence-corrected chi connectivity index (χ3v) is 7.46. The number of β-amino-alcohol motifs (C(OH)–C–C–N with tert-alkyl or cyclic N) is 1. The molecule has 1 fully saturated rings. The highest BCUT2D eigenvalue weighted by molar-refractivity contribution is 7.89. The number of halogens is 1. The molecule has 1 saturated heterocycles. The molecule has 1 amide bonds. The Morgan fingerprint density at radius 1 is 1.21 bits per heavy atom. The van der Waals surface area contributed by atoms with Crippen molar-refractivity contribution in [3.05, 3.63) is 47.1 Å². The van der Waals surface area contributed by atoms with E-state index in [9.17, 15) is 18.3 Å². The lowest BCUT2D eigenvalue weighted by Gasteiger charge is -2.18. The molecule has 0 bridgehead atoms. The number of rotatable bonds is 7. The van der Waals surface area contributed by atoms with Gasteiger partial charge in [0.15, 0.2) is 0 Å². The number of aryl methyl sites for hydroxylation is 1. The van der Waals surface area contributed by atoms with E-state index in [0.717, 1.165) is 21.3 Å². The first-order chi connectivity index (χ1) is 13.7. The Balaban J connectivity index is 1.54. The van der Waals surface area contributed by atoms with E-state index in [1.54, 1.807) is 4.90 Å². The lowest BCUT2D eigenvalue weighted by atomic mass is 10.1. The Kier molecular flexibility index (Phi) is 6.68. The molecule has 0 saturated carbocycles. The van der Waals surface area contributed by atoms with Crippen LogP contribution in [0, 0.1) is 5.92 Å². The number of carbonyl (C=O) groups excluding carboxylic acids is 1. The standard InChI is InChI=1S/C20H26ClN3O4S/c1-23(2)29(27,28)13-15-11-24(12-19(15)25)20(26)10-8-17-7-9-18(22-17)14-3-5-16(21)6-4-14/h3-7,9,15,19,22,25H,8,10-13H2,1-2H3. The molecule has 9 heteroatoms. The Hall–Kier alpha value is -1.87. The summed E-state index contributed by atoms with van der Waals surface area (Å²) in [5.74, 6) is -0.712. The minimum Gasteiger partial charge on any atom is -0.391 e. The van der Waals surface area contributed by atoms with Crippen LogP contribution in [0.1, 0.15) is 12.1 Å². The number of aliphatic hydroxyl groups is 1. The molecule has 1 aliphatic rings. The highest BCUT2D eigenvalue weighted by atomic mass is 35.5. The van der Waals surface area contributed by atoms with Crippen molar-refractivity contribution in [2.75, 3.05) is 32.9 Å². The maximum absolute atomic E-state index is 12.5. The number of H-pyrrole nitrogens is 1. The van der Waals surface area contributed by atoms with Crippen LogP contribution in [0.4, 0.5) is 0 Å². The largest absolute Gasteiger partial charge is 0.391 e. The zero-order valence-electron chi connectivity index (χ0n) is 16.5. The SMILES string of the molecule is CN(C)S(=O)(=O)CC1CN(C(=O)CCc2ccc(-c3ccc(Cl)cc3)[nH]2)CC1O. The maximum Gasteiger partial charge on any atom is 0.223 e. The molecule has 2 atom stereocenters. The van der Waals surface area contributed by atoms with Crippen molar-refractivity contribution in [1.29, 1.82) is 0 Å². The molecule has 29 heavy (non-hydrogen) atoms. The van der Waals surface area contributed by atoms with E-state index in [1.165, 1.54) is 14.1 Å². The molecule has 7 nitrogen and oxygen atoms in total. The molecule has 2 N–H and O–H groups in total. The van der Waals surface area contributed by atoms with Crippen LogP contribution < -0.4 is 0 Å². The predicted octanol–water partition coefficient (Wildman–Crippen LogP) is 1.98. The van der Waals surface area contributed by atoms with E-state index in [0.29, 0.717) is 17.9 Å². The van der Waals surface area contributed by atoms with Gasteiger partial charge in [-0.25, -0.2) is 12.7 Å². The Labute approximate surface area is 176 Å². The van der Waals surface area contributed by atoms with Crippen molar-refractivity contribution in [2.45, 2.75) is 18.9 Å². The second-order valence-corrected chi connectivity index (χ2v) is 10.3. The second kappa shape index (κ2) is 8.87. The zero-order valence-corrected chi connectivity index (χ0v) is 18.1. The number of hydrogen-bond donors (Lipinski definition) is 2. The van der Waals surface area contributed by atoms with Crippen LogP contribution in [0.2, 0.25) is 5.02 Å². The molecule has 0 radical (unpaired) electrons. The first-order valence-corrected chi connectivity index (χ1v) is 11.4. The van der Waals surface area contributed by atoms with E-state index in [1.807, 2.05) is 36.4 Å². The normalized spacial score (nSPS) is 19.8. The molecule has 2 unspecified atom stereocenters. The van der Waals surface area contributed by atoms with Gasteiger partial charge in [0.2, 0.25) is 15.9 Å². The molecule has 2 aromatic rings. The van der Waals surface area contributed by atoms with Crippen molar-refractivity contribution in [3.8, 4) is 11.3 Å². The van der Waals surface area contributed by atoms with Gasteiger partial charge in [-0.1, -0.05) is 23.7 Å². The van der Waals surface area contributed by atoms with Crippen LogP contribution >= 0.6 is 11.6 Å². The fraction of sp³-hybridized carbons (Fsp3) is 0.450. The van der Waals surface area contributed by atoms with Gasteiger partial charge in [0.05, 0.1) is 11.9 Å². The maximum atomic E-state index is 12.5. The minimum absolute atomic E-state index is 0.0866. The summed E-state index contributed by atoms with van der Waals surface area (Å²) in [7, 11) is -0.490. The molecule has 3 rings (SSSR count). The number of aliphatic hydroxyl groups excluding tert-OH is 1. The van der Waals surface area contributed by atoms with Crippen molar-refractivity contribution in [2.24, 2.45) is 5.92 Å². The van der Waals surface area contributed by atoms with Gasteiger partial charge in [0.25, 0.3) is 0 Å². The molecule has 1 aliphatic heterocycles. The van der Waals surface area contributed by atoms with Crippen molar-refractivity contribution in [3.63, 3.8) is 0 Å². The van der Waals surface area contributed by atoms with Crippen molar-refractivity contribution < 1.29 is 18.3 Å². The summed E-state index contributed by atoms with van der Waals surface area (Å²) in [5, 5.41) is 10.9. The third kappa shape index (κ3) is 5.39. The highest BCUT2D eigenvalue weighted by Crippen LogP contribution is 2.23. The van der Waals surface area contributed by atoms with Crippen molar-refractivity contribution >= 4 is 27.5 Å². The summed E-state index contributed by atoms with van der Waals surface area (Å²) in [5.41, 5.74) is 2.91. The third-order valence-electron chi connectivity index (χ3n) is 5.25. The van der Waals surface area contributed by atoms with Gasteiger partial charge >= 0.3 is 0 Å². The molecule has 1 aromatic carbocycles. The molecular formula is C20H26ClN3O4S. The summed E-state index contributed by atoms with van der Waals surface area (Å²) in [4.78, 5) is 17.4. The minimum atomic E-state index is -3.42. The van der Waals surface area contributed by atoms with E-state index >= 15 is 0 Å². The Bertz CT molecular complexity index is 956. The van der Waals surface area contributed by atoms with Crippen LogP contribution in [0.3, 0.4) is 0 Å². The van der Waals surface area contributed by atoms with E-state index in [4.69, 9.17) is 11.6 Å². The lowest BCUT2D eigenvalue weighted by Crippen LogP contribution is -2.33. The number of amides is 1. The number of benzene rings is 1. The van der Waals surface area contributed by atoms with E-state index < -0.39 is 22.0 Å². The number of nitrogens with zero attached hydrogens (tertiary/aromatic N) is 2. The molecule has 2 heterocycles. The molecule has 0 aliphatic carbocycles. The Morgan fingerprint density at radius 2 is 1.90 bits per heavy atom. The van der Waals surface area contributed by atoms with Crippen LogP contribution in [0.5, 0.6) is 0 Å². The summed E-state index contributed by atoms with van der Waals surface area (Å²) < 4.78 is 25.3. The number of nitrogens with one attached hydrogen (secondary N) is 1. The topological polar surface area (TPSA) is 93.7 Å². The van der Waals surface area contributed by atoms with Gasteiger partial charge in [-0.2, -0.15) is 0 Å². The average Bonchev–Trinajstić information content (AvgIpc) is 3.27. The summed E-state index contributed by atoms with van der Waals surface area (Å²) in [6.07, 6.45) is 0.0100. The monoisotopic (exact) mass is 439 g/mol. The van der Waals surface area contributed by atoms with Gasteiger partial charge in [-0.3, -0.25) is 4.79 Å². The average molecular weight is 440 g/mol. The van der Waals surface area contributed by atoms with Gasteiger partial charge in [-0.05, 0) is 36.2 Å². The highest BCUT2D eigenvalue weighted by Gasteiger charge is 2.37. The first kappa shape index (κ1) is 21.8. The lowest BCUT2D eigenvalue weighted by molar-refractivity contribution is -0.130. The van der Waals surface area contributed by atoms with Gasteiger partial charge < -0.3 is 15.0 Å². The fourth-order valence-corrected chi connectivity index (χ4v) is 4.72. The summed E-state index contributed by atoms with van der Waals surface area (Å²) in [6, 6.07) is 11.4. The molecule has 158 valence electrons. The predicted molar refractivity (Wildman–Crippen MR) is 113 cm³/mol. The number of aromatic nitrogens is 1. The smallest absolute Gasteiger partial charge is 0.223 e. The number of carbonyl (C=O) groups is 1. The van der Waals surface area contributed by atoms with Gasteiger partial charge in [-0.15, -0.1) is 0 Å². The van der Waals surface area contributed by atoms with Gasteiger partial charge in [0, 0.05) is 55.9 Å². The first-order valence-electron chi connectivity index (χ1n) is 9.45. The molecule has 1 aromatic heterocycles. The number of hydrogen-bond acceptors (Lipinski definition) is 4. The van der Waals surface area contributed by atoms with Crippen molar-refractivity contribution in [1.82, 2.24) is 14.2 Å². The van der Waals surface area contributed by atoms with E-state index in [2.05, 4.69) is 4.98 Å². The number of likely N-dealkylation sites (tertiary alicyclic amines) is 1. The molecular weight excluding hydrogens is 414 g/mol. The molecule has 0 spiro atoms. The number of aromatic amines is 1.